The first-order chi connectivity index (χ1) is 14.9. The predicted octanol–water partition coefficient (Wildman–Crippen LogP) is 5.90. The Morgan fingerprint density at radius 1 is 1.06 bits per heavy atom. The number of carbonyl (C=O) groups excluding carboxylic acids is 2. The minimum absolute atomic E-state index is 0.0230. The Bertz CT molecular complexity index is 1190. The van der Waals surface area contributed by atoms with Gasteiger partial charge in [0, 0.05) is 29.1 Å². The number of ketones is 1. The van der Waals surface area contributed by atoms with Crippen LogP contribution in [0, 0.1) is 6.92 Å². The van der Waals surface area contributed by atoms with Crippen molar-refractivity contribution in [2.45, 2.75) is 45.1 Å². The number of carbonyl (C=O) groups is 2. The van der Waals surface area contributed by atoms with Crippen LogP contribution in [0.25, 0.3) is 11.0 Å². The molecule has 1 unspecified atom stereocenters. The fourth-order valence-corrected chi connectivity index (χ4v) is 4.89. The van der Waals surface area contributed by atoms with Crippen molar-refractivity contribution < 1.29 is 18.7 Å². The van der Waals surface area contributed by atoms with Crippen molar-refractivity contribution in [1.29, 1.82) is 0 Å². The molecule has 5 rings (SSSR count). The highest BCUT2D eigenvalue weighted by Gasteiger charge is 2.40. The Kier molecular flexibility index (Phi) is 4.82. The molecule has 0 aliphatic carbocycles. The molecule has 31 heavy (non-hydrogen) atoms. The molecule has 0 saturated carbocycles. The monoisotopic (exact) mass is 437 g/mol. The number of amides is 1. The molecule has 3 heterocycles. The van der Waals surface area contributed by atoms with Gasteiger partial charge in [-0.15, -0.1) is 0 Å². The van der Waals surface area contributed by atoms with Crippen LogP contribution in [0.2, 0.25) is 5.02 Å². The van der Waals surface area contributed by atoms with Crippen LogP contribution in [0.4, 0.5) is 0 Å². The van der Waals surface area contributed by atoms with Crippen LogP contribution >= 0.6 is 11.6 Å². The molecule has 1 fully saturated rings. The van der Waals surface area contributed by atoms with E-state index >= 15 is 0 Å². The maximum Gasteiger partial charge on any atom is 0.289 e. The zero-order valence-electron chi connectivity index (χ0n) is 17.7. The van der Waals surface area contributed by atoms with E-state index in [1.54, 1.807) is 24.3 Å². The number of aryl methyl sites for hydroxylation is 1. The van der Waals surface area contributed by atoms with Gasteiger partial charge in [-0.2, -0.15) is 0 Å². The van der Waals surface area contributed by atoms with Gasteiger partial charge in [-0.1, -0.05) is 23.7 Å². The third kappa shape index (κ3) is 3.32. The van der Waals surface area contributed by atoms with E-state index in [0.717, 1.165) is 37.9 Å². The van der Waals surface area contributed by atoms with Crippen LogP contribution in [0.1, 0.15) is 64.6 Å². The van der Waals surface area contributed by atoms with Crippen LogP contribution in [0.15, 0.2) is 40.8 Å². The summed E-state index contributed by atoms with van der Waals surface area (Å²) >= 11 is 6.02. The molecule has 0 N–H and O–H groups in total. The molecule has 2 aromatic carbocycles. The van der Waals surface area contributed by atoms with Gasteiger partial charge in [0.1, 0.15) is 16.9 Å². The third-order valence-corrected chi connectivity index (χ3v) is 6.71. The van der Waals surface area contributed by atoms with Crippen molar-refractivity contribution in [2.24, 2.45) is 0 Å². The van der Waals surface area contributed by atoms with Gasteiger partial charge in [0.2, 0.25) is 0 Å². The molecule has 0 radical (unpaired) electrons. The normalized spacial score (nSPS) is 21.1. The smallest absolute Gasteiger partial charge is 0.289 e. The van der Waals surface area contributed by atoms with Crippen LogP contribution < -0.4 is 4.74 Å². The van der Waals surface area contributed by atoms with E-state index < -0.39 is 5.60 Å². The molecule has 2 aliphatic heterocycles. The molecule has 1 aromatic heterocycles. The maximum atomic E-state index is 13.3. The highest BCUT2D eigenvalue weighted by molar-refractivity contribution is 6.30. The molecule has 1 saturated heterocycles. The highest BCUT2D eigenvalue weighted by atomic mass is 35.5. The van der Waals surface area contributed by atoms with Gasteiger partial charge in [0.15, 0.2) is 11.5 Å². The van der Waals surface area contributed by atoms with E-state index in [1.165, 1.54) is 0 Å². The van der Waals surface area contributed by atoms with E-state index in [1.807, 2.05) is 30.9 Å². The number of Topliss-reactive ketones (excluding diaryl/α,β-unsaturated/α-hetero) is 1. The zero-order chi connectivity index (χ0) is 21.8. The average molecular weight is 438 g/mol. The molecule has 2 aliphatic rings. The summed E-state index contributed by atoms with van der Waals surface area (Å²) in [5.74, 6) is 0.716. The molecule has 1 atom stereocenters. The van der Waals surface area contributed by atoms with E-state index in [4.69, 9.17) is 20.8 Å². The number of rotatable bonds is 2. The number of fused-ring (bicyclic) bond motifs is 3. The standard InChI is InChI=1S/C25H24ClNO4/c1-15-21-19(30-23(15)24(29)27-12-4-3-5-13-27)10-11-20-22(21)18(28)14-25(2,31-20)16-6-8-17(26)9-7-16/h6-11H,3-5,12-14H2,1-2H3. The summed E-state index contributed by atoms with van der Waals surface area (Å²) in [7, 11) is 0. The number of halogens is 1. The van der Waals surface area contributed by atoms with Crippen molar-refractivity contribution >= 4 is 34.3 Å². The lowest BCUT2D eigenvalue weighted by atomic mass is 9.84. The second kappa shape index (κ2) is 7.41. The maximum absolute atomic E-state index is 13.3. The lowest BCUT2D eigenvalue weighted by molar-refractivity contribution is 0.0507. The summed E-state index contributed by atoms with van der Waals surface area (Å²) in [5, 5.41) is 1.32. The number of ether oxygens (including phenoxy) is 1. The summed E-state index contributed by atoms with van der Waals surface area (Å²) < 4.78 is 12.3. The number of furan rings is 1. The molecule has 0 bridgehead atoms. The van der Waals surface area contributed by atoms with Gasteiger partial charge >= 0.3 is 0 Å². The summed E-state index contributed by atoms with van der Waals surface area (Å²) in [6.45, 7) is 5.25. The average Bonchev–Trinajstić information content (AvgIpc) is 3.10. The fraction of sp³-hybridized carbons (Fsp3) is 0.360. The minimum atomic E-state index is -0.785. The van der Waals surface area contributed by atoms with Crippen molar-refractivity contribution in [3.8, 4) is 5.75 Å². The summed E-state index contributed by atoms with van der Waals surface area (Å²) in [6.07, 6.45) is 3.36. The fourth-order valence-electron chi connectivity index (χ4n) is 4.77. The van der Waals surface area contributed by atoms with Crippen LogP contribution in [-0.2, 0) is 5.60 Å². The van der Waals surface area contributed by atoms with E-state index in [0.29, 0.717) is 38.6 Å². The van der Waals surface area contributed by atoms with Crippen molar-refractivity contribution in [3.63, 3.8) is 0 Å². The van der Waals surface area contributed by atoms with Crippen LogP contribution in [-0.4, -0.2) is 29.7 Å². The first-order valence-electron chi connectivity index (χ1n) is 10.7. The van der Waals surface area contributed by atoms with Crippen molar-refractivity contribution in [2.75, 3.05) is 13.1 Å². The Morgan fingerprint density at radius 2 is 1.77 bits per heavy atom. The number of hydrogen-bond donors (Lipinski definition) is 0. The summed E-state index contributed by atoms with van der Waals surface area (Å²) in [4.78, 5) is 28.2. The Morgan fingerprint density at radius 3 is 2.48 bits per heavy atom. The topological polar surface area (TPSA) is 59.8 Å². The van der Waals surface area contributed by atoms with Gasteiger partial charge in [-0.25, -0.2) is 0 Å². The summed E-state index contributed by atoms with van der Waals surface area (Å²) in [6, 6.07) is 10.9. The van der Waals surface area contributed by atoms with Gasteiger partial charge in [-0.05, 0) is 62.9 Å². The van der Waals surface area contributed by atoms with Gasteiger partial charge in [0.05, 0.1) is 12.0 Å². The molecular formula is C25H24ClNO4. The Balaban J connectivity index is 1.56. The zero-order valence-corrected chi connectivity index (χ0v) is 18.4. The van der Waals surface area contributed by atoms with Crippen molar-refractivity contribution in [3.05, 3.63) is 63.9 Å². The van der Waals surface area contributed by atoms with Crippen LogP contribution in [0.3, 0.4) is 0 Å². The molecule has 5 nitrogen and oxygen atoms in total. The van der Waals surface area contributed by atoms with E-state index in [9.17, 15) is 9.59 Å². The third-order valence-electron chi connectivity index (χ3n) is 6.46. The minimum Gasteiger partial charge on any atom is -0.482 e. The molecule has 160 valence electrons. The lowest BCUT2D eigenvalue weighted by Gasteiger charge is -2.35. The molecule has 6 heteroatoms. The Hall–Kier alpha value is -2.79. The predicted molar refractivity (Wildman–Crippen MR) is 119 cm³/mol. The first-order valence-corrected chi connectivity index (χ1v) is 11.1. The van der Waals surface area contributed by atoms with E-state index in [2.05, 4.69) is 0 Å². The van der Waals surface area contributed by atoms with Crippen LogP contribution in [0.5, 0.6) is 5.75 Å². The summed E-state index contributed by atoms with van der Waals surface area (Å²) in [5.41, 5.74) is 1.86. The SMILES string of the molecule is Cc1c(C(=O)N2CCCCC2)oc2ccc3c(c12)C(=O)CC(C)(c1ccc(Cl)cc1)O3. The first kappa shape index (κ1) is 20.1. The van der Waals surface area contributed by atoms with Crippen molar-refractivity contribution in [1.82, 2.24) is 4.90 Å². The number of piperidine rings is 1. The number of hydrogen-bond acceptors (Lipinski definition) is 4. The van der Waals surface area contributed by atoms with Gasteiger partial charge < -0.3 is 14.1 Å². The number of benzene rings is 2. The quantitative estimate of drug-likeness (QED) is 0.500. The molecule has 0 spiro atoms. The highest BCUT2D eigenvalue weighted by Crippen LogP contribution is 2.44. The second-order valence-electron chi connectivity index (χ2n) is 8.66. The lowest BCUT2D eigenvalue weighted by Crippen LogP contribution is -2.36. The van der Waals surface area contributed by atoms with E-state index in [-0.39, 0.29) is 18.1 Å². The van der Waals surface area contributed by atoms with Gasteiger partial charge in [-0.3, -0.25) is 9.59 Å². The largest absolute Gasteiger partial charge is 0.482 e. The second-order valence-corrected chi connectivity index (χ2v) is 9.10. The molecule has 3 aromatic rings. The molecule has 1 amide bonds. The molecular weight excluding hydrogens is 414 g/mol. The number of nitrogens with zero attached hydrogens (tertiary/aromatic N) is 1. The Labute approximate surface area is 185 Å². The number of likely N-dealkylation sites (tertiary alicyclic amines) is 1. The van der Waals surface area contributed by atoms with Gasteiger partial charge in [0.25, 0.3) is 5.91 Å².